The molecule has 1 fully saturated rings. The lowest BCUT2D eigenvalue weighted by Gasteiger charge is -2.20. The number of amides is 1. The molecule has 0 radical (unpaired) electrons. The number of hydrogen-bond acceptors (Lipinski definition) is 2. The van der Waals surface area contributed by atoms with E-state index in [1.54, 1.807) is 12.1 Å². The van der Waals surface area contributed by atoms with Crippen LogP contribution in [0.1, 0.15) is 38.2 Å². The van der Waals surface area contributed by atoms with Gasteiger partial charge in [0.05, 0.1) is 5.41 Å². The van der Waals surface area contributed by atoms with Crippen LogP contribution in [0, 0.1) is 5.82 Å². The zero-order valence-electron chi connectivity index (χ0n) is 11.2. The highest BCUT2D eigenvalue weighted by Crippen LogP contribution is 2.48. The normalized spacial score (nSPS) is 17.8. The number of aliphatic hydroxyl groups is 1. The number of carbonyl (C=O) groups is 1. The second-order valence-corrected chi connectivity index (χ2v) is 5.33. The van der Waals surface area contributed by atoms with Crippen LogP contribution in [-0.2, 0) is 10.2 Å². The van der Waals surface area contributed by atoms with E-state index in [2.05, 4.69) is 5.32 Å². The molecule has 19 heavy (non-hydrogen) atoms. The molecule has 1 aliphatic carbocycles. The molecule has 2 rings (SSSR count). The van der Waals surface area contributed by atoms with E-state index in [1.165, 1.54) is 12.1 Å². The van der Waals surface area contributed by atoms with Crippen molar-refractivity contribution in [1.29, 1.82) is 0 Å². The molecule has 1 atom stereocenters. The molecule has 0 spiro atoms. The Kier molecular flexibility index (Phi) is 4.20. The summed E-state index contributed by atoms with van der Waals surface area (Å²) in [5.41, 5.74) is 0.432. The van der Waals surface area contributed by atoms with Crippen molar-refractivity contribution in [3.63, 3.8) is 0 Å². The smallest absolute Gasteiger partial charge is 0.230 e. The molecule has 0 aromatic heterocycles. The van der Waals surface area contributed by atoms with E-state index in [1.807, 2.05) is 6.92 Å². The Labute approximate surface area is 112 Å². The number of hydrogen-bond donors (Lipinski definition) is 2. The van der Waals surface area contributed by atoms with E-state index in [4.69, 9.17) is 5.11 Å². The van der Waals surface area contributed by atoms with Crippen molar-refractivity contribution >= 4 is 5.91 Å². The van der Waals surface area contributed by atoms with E-state index >= 15 is 0 Å². The first kappa shape index (κ1) is 14.0. The lowest BCUT2D eigenvalue weighted by atomic mass is 9.94. The van der Waals surface area contributed by atoms with Gasteiger partial charge in [-0.15, -0.1) is 0 Å². The van der Waals surface area contributed by atoms with Crippen LogP contribution in [0.5, 0.6) is 0 Å². The van der Waals surface area contributed by atoms with Gasteiger partial charge in [-0.1, -0.05) is 12.1 Å². The lowest BCUT2D eigenvalue weighted by molar-refractivity contribution is -0.124. The fourth-order valence-electron chi connectivity index (χ4n) is 2.37. The van der Waals surface area contributed by atoms with Crippen LogP contribution in [0.4, 0.5) is 4.39 Å². The summed E-state index contributed by atoms with van der Waals surface area (Å²) in [6, 6.07) is 6.24. The van der Waals surface area contributed by atoms with Crippen molar-refractivity contribution in [2.45, 2.75) is 44.1 Å². The highest BCUT2D eigenvalue weighted by Gasteiger charge is 2.51. The number of halogens is 1. The molecule has 0 aliphatic heterocycles. The van der Waals surface area contributed by atoms with Crippen molar-refractivity contribution < 1.29 is 14.3 Å². The number of benzene rings is 1. The van der Waals surface area contributed by atoms with Crippen LogP contribution in [0.25, 0.3) is 0 Å². The predicted molar refractivity (Wildman–Crippen MR) is 71.2 cm³/mol. The van der Waals surface area contributed by atoms with Crippen LogP contribution in [0.15, 0.2) is 24.3 Å². The molecule has 1 unspecified atom stereocenters. The average Bonchev–Trinajstić information content (AvgIpc) is 3.18. The van der Waals surface area contributed by atoms with Gasteiger partial charge in [0.25, 0.3) is 0 Å². The third-order valence-electron chi connectivity index (χ3n) is 3.75. The van der Waals surface area contributed by atoms with Gasteiger partial charge in [-0.2, -0.15) is 0 Å². The van der Waals surface area contributed by atoms with Gasteiger partial charge in [0.1, 0.15) is 5.82 Å². The maximum atomic E-state index is 12.9. The standard InChI is InChI=1S/C15H20FNO2/c1-11(3-2-10-18)17-14(19)15(8-9-15)12-4-6-13(16)7-5-12/h4-7,11,18H,2-3,8-10H2,1H3,(H,17,19). The molecule has 0 heterocycles. The molecule has 104 valence electrons. The maximum Gasteiger partial charge on any atom is 0.230 e. The van der Waals surface area contributed by atoms with Gasteiger partial charge in [0, 0.05) is 12.6 Å². The summed E-state index contributed by atoms with van der Waals surface area (Å²) in [4.78, 5) is 12.3. The summed E-state index contributed by atoms with van der Waals surface area (Å²) >= 11 is 0. The second kappa shape index (κ2) is 5.70. The highest BCUT2D eigenvalue weighted by atomic mass is 19.1. The molecule has 3 nitrogen and oxygen atoms in total. The second-order valence-electron chi connectivity index (χ2n) is 5.33. The van der Waals surface area contributed by atoms with Crippen molar-refractivity contribution in [2.24, 2.45) is 0 Å². The van der Waals surface area contributed by atoms with E-state index in [0.717, 1.165) is 24.8 Å². The molecular weight excluding hydrogens is 245 g/mol. The first-order valence-electron chi connectivity index (χ1n) is 6.76. The molecular formula is C15H20FNO2. The SMILES string of the molecule is CC(CCCO)NC(=O)C1(c2ccc(F)cc2)CC1. The molecule has 1 aliphatic rings. The van der Waals surface area contributed by atoms with E-state index in [9.17, 15) is 9.18 Å². The van der Waals surface area contributed by atoms with Crippen LogP contribution in [0.2, 0.25) is 0 Å². The third-order valence-corrected chi connectivity index (χ3v) is 3.75. The summed E-state index contributed by atoms with van der Waals surface area (Å²) in [7, 11) is 0. The minimum Gasteiger partial charge on any atom is -0.396 e. The summed E-state index contributed by atoms with van der Waals surface area (Å²) in [6.45, 7) is 2.08. The quantitative estimate of drug-likeness (QED) is 0.828. The Balaban J connectivity index is 2.00. The number of rotatable bonds is 6. The fraction of sp³-hybridized carbons (Fsp3) is 0.533. The fourth-order valence-corrected chi connectivity index (χ4v) is 2.37. The Morgan fingerprint density at radius 1 is 1.42 bits per heavy atom. The van der Waals surface area contributed by atoms with E-state index < -0.39 is 5.41 Å². The van der Waals surface area contributed by atoms with Crippen molar-refractivity contribution in [3.8, 4) is 0 Å². The summed E-state index contributed by atoms with van der Waals surface area (Å²) in [5.74, 6) is -0.263. The third kappa shape index (κ3) is 3.13. The maximum absolute atomic E-state index is 12.9. The summed E-state index contributed by atoms with van der Waals surface area (Å²) in [5, 5.41) is 11.8. The Hall–Kier alpha value is -1.42. The minimum atomic E-state index is -0.457. The average molecular weight is 265 g/mol. The van der Waals surface area contributed by atoms with Gasteiger partial charge in [-0.25, -0.2) is 4.39 Å². The van der Waals surface area contributed by atoms with Gasteiger partial charge in [-0.3, -0.25) is 4.79 Å². The summed E-state index contributed by atoms with van der Waals surface area (Å²) < 4.78 is 12.9. The van der Waals surface area contributed by atoms with Gasteiger partial charge in [0.15, 0.2) is 0 Å². The zero-order valence-corrected chi connectivity index (χ0v) is 11.2. The topological polar surface area (TPSA) is 49.3 Å². The van der Waals surface area contributed by atoms with Crippen molar-refractivity contribution in [1.82, 2.24) is 5.32 Å². The molecule has 0 bridgehead atoms. The van der Waals surface area contributed by atoms with E-state index in [-0.39, 0.29) is 24.4 Å². The summed E-state index contributed by atoms with van der Waals surface area (Å²) in [6.07, 6.45) is 3.08. The van der Waals surface area contributed by atoms with Gasteiger partial charge in [-0.05, 0) is 50.3 Å². The highest BCUT2D eigenvalue weighted by molar-refractivity contribution is 5.91. The number of carbonyl (C=O) groups excluding carboxylic acids is 1. The van der Waals surface area contributed by atoms with Gasteiger partial charge in [0.2, 0.25) is 5.91 Å². The molecule has 1 saturated carbocycles. The molecule has 1 aromatic rings. The first-order chi connectivity index (χ1) is 9.08. The monoisotopic (exact) mass is 265 g/mol. The first-order valence-corrected chi connectivity index (χ1v) is 6.76. The molecule has 4 heteroatoms. The number of aliphatic hydroxyl groups excluding tert-OH is 1. The van der Waals surface area contributed by atoms with Crippen molar-refractivity contribution in [3.05, 3.63) is 35.6 Å². The van der Waals surface area contributed by atoms with Crippen LogP contribution in [-0.4, -0.2) is 23.7 Å². The Morgan fingerprint density at radius 3 is 2.58 bits per heavy atom. The molecule has 1 aromatic carbocycles. The largest absolute Gasteiger partial charge is 0.396 e. The van der Waals surface area contributed by atoms with Crippen molar-refractivity contribution in [2.75, 3.05) is 6.61 Å². The number of nitrogens with one attached hydrogen (secondary N) is 1. The Morgan fingerprint density at radius 2 is 2.05 bits per heavy atom. The predicted octanol–water partition coefficient (Wildman–Crippen LogP) is 2.13. The van der Waals surface area contributed by atoms with Crippen LogP contribution in [0.3, 0.4) is 0 Å². The Bertz CT molecular complexity index is 440. The van der Waals surface area contributed by atoms with E-state index in [0.29, 0.717) is 6.42 Å². The minimum absolute atomic E-state index is 0.0181. The van der Waals surface area contributed by atoms with Gasteiger partial charge < -0.3 is 10.4 Å². The zero-order chi connectivity index (χ0) is 13.9. The van der Waals surface area contributed by atoms with Crippen LogP contribution < -0.4 is 5.32 Å². The molecule has 2 N–H and O–H groups in total. The molecule has 1 amide bonds. The molecule has 0 saturated heterocycles. The van der Waals surface area contributed by atoms with Gasteiger partial charge >= 0.3 is 0 Å². The van der Waals surface area contributed by atoms with Crippen LogP contribution >= 0.6 is 0 Å². The lowest BCUT2D eigenvalue weighted by Crippen LogP contribution is -2.40.